The van der Waals surface area contributed by atoms with E-state index in [1.54, 1.807) is 0 Å². The maximum atomic E-state index is 12.2. The monoisotopic (exact) mass is 357 g/mol. The maximum absolute atomic E-state index is 12.2. The summed E-state index contributed by atoms with van der Waals surface area (Å²) in [7, 11) is 0. The number of hydrogen-bond donors (Lipinski definition) is 2. The molecule has 0 radical (unpaired) electrons. The van der Waals surface area contributed by atoms with Crippen LogP contribution in [-0.4, -0.2) is 11.0 Å². The van der Waals surface area contributed by atoms with Gasteiger partial charge >= 0.3 is 6.03 Å². The van der Waals surface area contributed by atoms with Crippen LogP contribution in [0.25, 0.3) is 22.6 Å². The zero-order valence-electron chi connectivity index (χ0n) is 15.1. The number of rotatable bonds is 3. The molecule has 5 nitrogen and oxygen atoms in total. The highest BCUT2D eigenvalue weighted by Crippen LogP contribution is 2.25. The average molecular weight is 357 g/mol. The lowest BCUT2D eigenvalue weighted by Gasteiger charge is -2.09. The van der Waals surface area contributed by atoms with Crippen molar-refractivity contribution >= 4 is 28.5 Å². The predicted molar refractivity (Wildman–Crippen MR) is 108 cm³/mol. The number of anilines is 2. The van der Waals surface area contributed by atoms with Gasteiger partial charge in [-0.2, -0.15) is 0 Å². The quantitative estimate of drug-likeness (QED) is 0.490. The van der Waals surface area contributed by atoms with E-state index in [1.165, 1.54) is 5.56 Å². The van der Waals surface area contributed by atoms with E-state index in [4.69, 9.17) is 4.42 Å². The van der Waals surface area contributed by atoms with Crippen molar-refractivity contribution in [3.63, 3.8) is 0 Å². The van der Waals surface area contributed by atoms with Crippen LogP contribution in [0.1, 0.15) is 11.1 Å². The van der Waals surface area contributed by atoms with Crippen LogP contribution in [0.15, 0.2) is 71.1 Å². The van der Waals surface area contributed by atoms with Crippen molar-refractivity contribution in [1.82, 2.24) is 4.98 Å². The number of para-hydroxylation sites is 2. The Bertz CT molecular complexity index is 1080. The number of fused-ring (bicyclic) bond motifs is 1. The molecule has 0 aliphatic rings. The lowest BCUT2D eigenvalue weighted by atomic mass is 10.1. The summed E-state index contributed by atoms with van der Waals surface area (Å²) in [4.78, 5) is 16.7. The van der Waals surface area contributed by atoms with Crippen molar-refractivity contribution in [3.8, 4) is 11.5 Å². The third-order valence-electron chi connectivity index (χ3n) is 4.45. The molecule has 2 N–H and O–H groups in total. The molecular formula is C22H19N3O2. The molecule has 0 unspecified atom stereocenters. The Labute approximate surface area is 157 Å². The highest BCUT2D eigenvalue weighted by atomic mass is 16.3. The first-order chi connectivity index (χ1) is 13.1. The van der Waals surface area contributed by atoms with E-state index in [0.29, 0.717) is 11.6 Å². The summed E-state index contributed by atoms with van der Waals surface area (Å²) < 4.78 is 5.76. The van der Waals surface area contributed by atoms with E-state index in [2.05, 4.69) is 15.6 Å². The Morgan fingerprint density at radius 3 is 2.30 bits per heavy atom. The number of oxazole rings is 1. The Balaban J connectivity index is 1.45. The van der Waals surface area contributed by atoms with Gasteiger partial charge in [-0.1, -0.05) is 18.2 Å². The third kappa shape index (κ3) is 3.67. The van der Waals surface area contributed by atoms with Crippen molar-refractivity contribution in [2.45, 2.75) is 13.8 Å². The first-order valence-corrected chi connectivity index (χ1v) is 8.70. The van der Waals surface area contributed by atoms with Crippen LogP contribution in [-0.2, 0) is 0 Å². The Kier molecular flexibility index (Phi) is 4.34. The minimum absolute atomic E-state index is 0.284. The van der Waals surface area contributed by atoms with Gasteiger partial charge in [0, 0.05) is 16.9 Å². The fourth-order valence-corrected chi connectivity index (χ4v) is 2.80. The summed E-state index contributed by atoms with van der Waals surface area (Å²) in [6.45, 7) is 4.06. The number of amides is 2. The molecule has 3 aromatic carbocycles. The molecule has 134 valence electrons. The first kappa shape index (κ1) is 16.8. The predicted octanol–water partition coefficient (Wildman–Crippen LogP) is 5.76. The zero-order valence-corrected chi connectivity index (χ0v) is 15.1. The van der Waals surface area contributed by atoms with E-state index in [9.17, 15) is 4.79 Å². The molecule has 0 aliphatic heterocycles. The molecule has 2 amide bonds. The van der Waals surface area contributed by atoms with Crippen molar-refractivity contribution in [2.24, 2.45) is 0 Å². The molecule has 4 aromatic rings. The minimum atomic E-state index is -0.284. The van der Waals surface area contributed by atoms with Crippen molar-refractivity contribution in [3.05, 3.63) is 77.9 Å². The lowest BCUT2D eigenvalue weighted by molar-refractivity contribution is 0.262. The Hall–Kier alpha value is -3.60. The summed E-state index contributed by atoms with van der Waals surface area (Å²) in [6.07, 6.45) is 0. The number of benzene rings is 3. The van der Waals surface area contributed by atoms with E-state index < -0.39 is 0 Å². The molecule has 0 spiro atoms. The molecular weight excluding hydrogens is 338 g/mol. The maximum Gasteiger partial charge on any atom is 0.323 e. The second-order valence-electron chi connectivity index (χ2n) is 6.44. The molecule has 0 atom stereocenters. The molecule has 0 saturated carbocycles. The highest BCUT2D eigenvalue weighted by Gasteiger charge is 2.08. The molecule has 5 heteroatoms. The van der Waals surface area contributed by atoms with Crippen molar-refractivity contribution in [1.29, 1.82) is 0 Å². The van der Waals surface area contributed by atoms with Gasteiger partial charge in [-0.25, -0.2) is 9.78 Å². The number of carbonyl (C=O) groups is 1. The smallest absolute Gasteiger partial charge is 0.323 e. The molecule has 4 rings (SSSR count). The molecule has 0 saturated heterocycles. The zero-order chi connectivity index (χ0) is 18.8. The van der Waals surface area contributed by atoms with Gasteiger partial charge < -0.3 is 15.1 Å². The van der Waals surface area contributed by atoms with E-state index >= 15 is 0 Å². The number of nitrogens with zero attached hydrogens (tertiary/aromatic N) is 1. The van der Waals surface area contributed by atoms with Gasteiger partial charge in [0.05, 0.1) is 0 Å². The molecule has 0 bridgehead atoms. The van der Waals surface area contributed by atoms with Gasteiger partial charge in [0.25, 0.3) is 0 Å². The van der Waals surface area contributed by atoms with Crippen LogP contribution in [0.4, 0.5) is 16.2 Å². The van der Waals surface area contributed by atoms with Gasteiger partial charge in [0.2, 0.25) is 5.89 Å². The minimum Gasteiger partial charge on any atom is -0.436 e. The number of aryl methyl sites for hydroxylation is 2. The van der Waals surface area contributed by atoms with Crippen LogP contribution in [0.2, 0.25) is 0 Å². The third-order valence-corrected chi connectivity index (χ3v) is 4.45. The summed E-state index contributed by atoms with van der Waals surface area (Å²) in [5.41, 5.74) is 6.21. The van der Waals surface area contributed by atoms with Gasteiger partial charge in [0.15, 0.2) is 5.58 Å². The number of carbonyl (C=O) groups excluding carboxylic acids is 1. The molecule has 1 heterocycles. The largest absolute Gasteiger partial charge is 0.436 e. The van der Waals surface area contributed by atoms with Gasteiger partial charge in [-0.3, -0.25) is 0 Å². The van der Waals surface area contributed by atoms with Crippen LogP contribution in [0.3, 0.4) is 0 Å². The van der Waals surface area contributed by atoms with Gasteiger partial charge in [-0.05, 0) is 73.5 Å². The first-order valence-electron chi connectivity index (χ1n) is 8.70. The highest BCUT2D eigenvalue weighted by molar-refractivity contribution is 5.99. The van der Waals surface area contributed by atoms with Crippen LogP contribution < -0.4 is 10.6 Å². The fourth-order valence-electron chi connectivity index (χ4n) is 2.80. The number of nitrogens with one attached hydrogen (secondary N) is 2. The van der Waals surface area contributed by atoms with Crippen LogP contribution in [0.5, 0.6) is 0 Å². The molecule has 27 heavy (non-hydrogen) atoms. The van der Waals surface area contributed by atoms with Crippen molar-refractivity contribution in [2.75, 3.05) is 10.6 Å². The summed E-state index contributed by atoms with van der Waals surface area (Å²) in [5.74, 6) is 0.558. The Morgan fingerprint density at radius 2 is 1.56 bits per heavy atom. The number of hydrogen-bond acceptors (Lipinski definition) is 3. The molecule has 1 aromatic heterocycles. The second kappa shape index (κ2) is 6.96. The lowest BCUT2D eigenvalue weighted by Crippen LogP contribution is -2.19. The Morgan fingerprint density at radius 1 is 0.852 bits per heavy atom. The fraction of sp³-hybridized carbons (Fsp3) is 0.0909. The van der Waals surface area contributed by atoms with E-state index in [-0.39, 0.29) is 6.03 Å². The second-order valence-corrected chi connectivity index (χ2v) is 6.44. The molecule has 0 fully saturated rings. The van der Waals surface area contributed by atoms with Crippen LogP contribution in [0, 0.1) is 13.8 Å². The topological polar surface area (TPSA) is 67.2 Å². The molecule has 0 aliphatic carbocycles. The summed E-state index contributed by atoms with van der Waals surface area (Å²) in [6, 6.07) is 20.6. The normalized spacial score (nSPS) is 10.7. The standard InChI is InChI=1S/C22H19N3O2/c1-14-7-10-18(13-15(14)2)24-22(26)23-17-11-8-16(9-12-17)21-25-19-5-3-4-6-20(19)27-21/h3-13H,1-2H3,(H2,23,24,26). The summed E-state index contributed by atoms with van der Waals surface area (Å²) in [5, 5.41) is 5.67. The SMILES string of the molecule is Cc1ccc(NC(=O)Nc2ccc(-c3nc4ccccc4o3)cc2)cc1C. The van der Waals surface area contributed by atoms with Crippen LogP contribution >= 0.6 is 0 Å². The van der Waals surface area contributed by atoms with Gasteiger partial charge in [-0.15, -0.1) is 0 Å². The average Bonchev–Trinajstić information content (AvgIpc) is 3.09. The van der Waals surface area contributed by atoms with E-state index in [0.717, 1.165) is 27.9 Å². The van der Waals surface area contributed by atoms with Crippen molar-refractivity contribution < 1.29 is 9.21 Å². The summed E-state index contributed by atoms with van der Waals surface area (Å²) >= 11 is 0. The number of urea groups is 1. The van der Waals surface area contributed by atoms with E-state index in [1.807, 2.05) is 80.6 Å². The van der Waals surface area contributed by atoms with Gasteiger partial charge in [0.1, 0.15) is 5.52 Å². The number of aromatic nitrogens is 1.